The summed E-state index contributed by atoms with van der Waals surface area (Å²) in [5.41, 5.74) is 0. The Morgan fingerprint density at radius 1 is 0.583 bits per heavy atom. The van der Waals surface area contributed by atoms with Crippen LogP contribution < -0.4 is 5.32 Å². The first kappa shape index (κ1) is 22.0. The lowest BCUT2D eigenvalue weighted by molar-refractivity contribution is -0.138. The van der Waals surface area contributed by atoms with Crippen molar-refractivity contribution in [2.45, 2.75) is 70.6 Å². The second kappa shape index (κ2) is 17.3. The van der Waals surface area contributed by atoms with E-state index in [1.54, 1.807) is 0 Å². The molecule has 0 aromatic rings. The van der Waals surface area contributed by atoms with E-state index in [9.17, 15) is 9.59 Å². The number of carboxylic acid groups (broad SMARTS) is 2. The molecule has 0 saturated heterocycles. The number of aliphatic carboxylic acids is 2. The predicted octanol–water partition coefficient (Wildman–Crippen LogP) is 4.62. The highest BCUT2D eigenvalue weighted by Crippen LogP contribution is 2.11. The smallest absolute Gasteiger partial charge is 0.303 e. The van der Waals surface area contributed by atoms with Crippen LogP contribution >= 0.6 is 0 Å². The molecule has 0 unspecified atom stereocenters. The monoisotopic (exact) mass is 337 g/mol. The van der Waals surface area contributed by atoms with Crippen molar-refractivity contribution < 1.29 is 19.8 Å². The molecule has 1 aliphatic rings. The Bertz CT molecular complexity index is 378. The van der Waals surface area contributed by atoms with E-state index in [1.807, 2.05) is 36.7 Å². The third-order valence-corrected chi connectivity index (χ3v) is 3.50. The molecular formula is C19H31NO4. The summed E-state index contributed by atoms with van der Waals surface area (Å²) in [7, 11) is 0. The number of hydrogen-bond acceptors (Lipinski definition) is 3. The summed E-state index contributed by atoms with van der Waals surface area (Å²) in [5.74, 6) is -1.41. The quantitative estimate of drug-likeness (QED) is 0.452. The lowest BCUT2D eigenvalue weighted by Crippen LogP contribution is -1.94. The van der Waals surface area contributed by atoms with Crippen molar-refractivity contribution in [1.82, 2.24) is 5.32 Å². The first-order valence-electron chi connectivity index (χ1n) is 8.81. The Labute approximate surface area is 145 Å². The molecule has 5 nitrogen and oxygen atoms in total. The molecule has 3 N–H and O–H groups in total. The molecule has 0 atom stereocenters. The minimum atomic E-state index is -0.705. The molecule has 0 radical (unpaired) electrons. The van der Waals surface area contributed by atoms with E-state index in [4.69, 9.17) is 10.2 Å². The van der Waals surface area contributed by atoms with Crippen molar-refractivity contribution >= 4 is 11.9 Å². The summed E-state index contributed by atoms with van der Waals surface area (Å²) in [6.45, 7) is 0. The fourth-order valence-corrected chi connectivity index (χ4v) is 2.20. The summed E-state index contributed by atoms with van der Waals surface area (Å²) in [4.78, 5) is 20.5. The molecular weight excluding hydrogens is 306 g/mol. The third kappa shape index (κ3) is 20.0. The highest BCUT2D eigenvalue weighted by molar-refractivity contribution is 5.66. The number of rotatable bonds is 12. The van der Waals surface area contributed by atoms with Gasteiger partial charge in [0.2, 0.25) is 0 Å². The highest BCUT2D eigenvalue weighted by atomic mass is 16.4. The Hall–Kier alpha value is -2.04. The van der Waals surface area contributed by atoms with Crippen LogP contribution in [0.15, 0.2) is 36.7 Å². The Morgan fingerprint density at radius 3 is 1.25 bits per heavy atom. The fraction of sp³-hybridized carbons (Fsp3) is 0.579. The first-order chi connectivity index (χ1) is 11.6. The molecule has 0 aromatic heterocycles. The van der Waals surface area contributed by atoms with Gasteiger partial charge in [-0.1, -0.05) is 57.1 Å². The Morgan fingerprint density at radius 2 is 0.917 bits per heavy atom. The van der Waals surface area contributed by atoms with Crippen LogP contribution in [0.4, 0.5) is 0 Å². The van der Waals surface area contributed by atoms with Crippen LogP contribution in [0.2, 0.25) is 0 Å². The van der Waals surface area contributed by atoms with Crippen LogP contribution in [0.25, 0.3) is 0 Å². The maximum Gasteiger partial charge on any atom is 0.303 e. The Balaban J connectivity index is 0.000000620. The summed E-state index contributed by atoms with van der Waals surface area (Å²) in [5, 5.41) is 19.8. The molecule has 0 amide bonds. The zero-order chi connectivity index (χ0) is 17.9. The molecule has 1 rings (SSSR count). The molecule has 0 saturated carbocycles. The van der Waals surface area contributed by atoms with Gasteiger partial charge in [-0.15, -0.1) is 0 Å². The average molecular weight is 337 g/mol. The molecule has 0 fully saturated rings. The van der Waals surface area contributed by atoms with E-state index in [0.29, 0.717) is 0 Å². The van der Waals surface area contributed by atoms with Crippen LogP contribution in [0, 0.1) is 0 Å². The zero-order valence-corrected chi connectivity index (χ0v) is 14.5. The summed E-state index contributed by atoms with van der Waals surface area (Å²) in [6.07, 6.45) is 21.5. The van der Waals surface area contributed by atoms with Crippen molar-refractivity contribution in [2.24, 2.45) is 0 Å². The molecule has 0 aliphatic carbocycles. The normalized spacial score (nSPS) is 12.0. The SMILES string of the molecule is C1=CC=CNC=C1.O=C(O)CCCCCCCCCCCC(=O)O. The van der Waals surface area contributed by atoms with E-state index >= 15 is 0 Å². The van der Waals surface area contributed by atoms with Crippen molar-refractivity contribution in [3.63, 3.8) is 0 Å². The van der Waals surface area contributed by atoms with Crippen LogP contribution in [-0.2, 0) is 9.59 Å². The number of allylic oxidation sites excluding steroid dienone is 4. The van der Waals surface area contributed by atoms with Crippen LogP contribution in [0.3, 0.4) is 0 Å². The maximum atomic E-state index is 10.2. The van der Waals surface area contributed by atoms with Gasteiger partial charge >= 0.3 is 11.9 Å². The van der Waals surface area contributed by atoms with Crippen LogP contribution in [-0.4, -0.2) is 22.2 Å². The van der Waals surface area contributed by atoms with Gasteiger partial charge in [0.1, 0.15) is 0 Å². The van der Waals surface area contributed by atoms with Crippen LogP contribution in [0.1, 0.15) is 70.6 Å². The summed E-state index contributed by atoms with van der Waals surface area (Å²) in [6, 6.07) is 0. The van der Waals surface area contributed by atoms with Crippen molar-refractivity contribution in [1.29, 1.82) is 0 Å². The van der Waals surface area contributed by atoms with Gasteiger partial charge in [-0.3, -0.25) is 9.59 Å². The molecule has 0 aromatic carbocycles. The topological polar surface area (TPSA) is 86.6 Å². The van der Waals surface area contributed by atoms with E-state index in [-0.39, 0.29) is 12.8 Å². The van der Waals surface area contributed by atoms with Gasteiger partial charge in [0.05, 0.1) is 0 Å². The molecule has 5 heteroatoms. The molecule has 0 spiro atoms. The lowest BCUT2D eigenvalue weighted by Gasteiger charge is -2.01. The number of carboxylic acids is 2. The predicted molar refractivity (Wildman–Crippen MR) is 96.6 cm³/mol. The molecule has 0 bridgehead atoms. The Kier molecular flexibility index (Phi) is 15.8. The van der Waals surface area contributed by atoms with Crippen LogP contribution in [0.5, 0.6) is 0 Å². The average Bonchev–Trinajstić information content (AvgIpc) is 2.85. The molecule has 1 heterocycles. The first-order valence-corrected chi connectivity index (χ1v) is 8.81. The zero-order valence-electron chi connectivity index (χ0n) is 14.5. The van der Waals surface area contributed by atoms with Gasteiger partial charge in [0, 0.05) is 25.2 Å². The largest absolute Gasteiger partial charge is 0.481 e. The van der Waals surface area contributed by atoms with Gasteiger partial charge in [0.15, 0.2) is 0 Å². The van der Waals surface area contributed by atoms with Crippen molar-refractivity contribution in [3.8, 4) is 0 Å². The van der Waals surface area contributed by atoms with E-state index in [1.165, 1.54) is 19.3 Å². The van der Waals surface area contributed by atoms with Gasteiger partial charge in [-0.2, -0.15) is 0 Å². The van der Waals surface area contributed by atoms with E-state index in [0.717, 1.165) is 38.5 Å². The third-order valence-electron chi connectivity index (χ3n) is 3.50. The van der Waals surface area contributed by atoms with Gasteiger partial charge in [0.25, 0.3) is 0 Å². The number of hydrogen-bond donors (Lipinski definition) is 3. The summed E-state index contributed by atoms with van der Waals surface area (Å²) < 4.78 is 0. The maximum absolute atomic E-state index is 10.2. The molecule has 24 heavy (non-hydrogen) atoms. The van der Waals surface area contributed by atoms with Crippen molar-refractivity contribution in [3.05, 3.63) is 36.7 Å². The second-order valence-electron chi connectivity index (χ2n) is 5.74. The molecule has 1 aliphatic heterocycles. The van der Waals surface area contributed by atoms with Gasteiger partial charge < -0.3 is 15.5 Å². The fourth-order valence-electron chi connectivity index (χ4n) is 2.20. The molecule has 136 valence electrons. The summed E-state index contributed by atoms with van der Waals surface area (Å²) >= 11 is 0. The second-order valence-corrected chi connectivity index (χ2v) is 5.74. The van der Waals surface area contributed by atoms with Gasteiger partial charge in [-0.25, -0.2) is 0 Å². The minimum Gasteiger partial charge on any atom is -0.481 e. The van der Waals surface area contributed by atoms with Crippen molar-refractivity contribution in [2.75, 3.05) is 0 Å². The van der Waals surface area contributed by atoms with Gasteiger partial charge in [-0.05, 0) is 25.0 Å². The lowest BCUT2D eigenvalue weighted by atomic mass is 10.1. The van der Waals surface area contributed by atoms with E-state index < -0.39 is 11.9 Å². The number of carbonyl (C=O) groups is 2. The number of nitrogens with one attached hydrogen (secondary N) is 1. The standard InChI is InChI=1S/C13H24O4.C6H7N/c14-12(15)10-8-6-4-2-1-3-5-7-9-11-13(16)17;1-2-4-6-7-5-3-1/h1-11H2,(H,14,15)(H,16,17);1-7H. The van der Waals surface area contributed by atoms with E-state index in [2.05, 4.69) is 5.32 Å². The highest BCUT2D eigenvalue weighted by Gasteiger charge is 1.98. The minimum absolute atomic E-state index is 0.287. The number of unbranched alkanes of at least 4 members (excludes halogenated alkanes) is 8.